The summed E-state index contributed by atoms with van der Waals surface area (Å²) in [5.41, 5.74) is -1.20. The lowest BCUT2D eigenvalue weighted by molar-refractivity contribution is -0.162. The predicted molar refractivity (Wildman–Crippen MR) is 124 cm³/mol. The van der Waals surface area contributed by atoms with E-state index in [1.807, 2.05) is 0 Å². The van der Waals surface area contributed by atoms with Gasteiger partial charge in [-0.2, -0.15) is 23.5 Å². The number of fused-ring (bicyclic) bond motifs is 1. The molecule has 1 aromatic carbocycles. The smallest absolute Gasteiger partial charge is 0.338 e. The minimum Gasteiger partial charge on any atom is -0.338 e. The molecule has 1 aliphatic carbocycles. The molecule has 11 heteroatoms. The molecule has 0 saturated heterocycles. The number of benzene rings is 1. The summed E-state index contributed by atoms with van der Waals surface area (Å²) in [6.45, 7) is 4.71. The molecule has 35 heavy (non-hydrogen) atoms. The fraction of sp³-hybridized carbons (Fsp3) is 0.458. The van der Waals surface area contributed by atoms with Crippen molar-refractivity contribution < 1.29 is 17.6 Å². The number of nitrogens with one attached hydrogen (secondary N) is 3. The number of H-pyrrole nitrogens is 1. The van der Waals surface area contributed by atoms with Gasteiger partial charge in [-0.25, -0.2) is 4.39 Å². The van der Waals surface area contributed by atoms with E-state index in [2.05, 4.69) is 26.8 Å². The largest absolute Gasteiger partial charge is 0.408 e. The molecule has 3 N–H and O–H groups in total. The zero-order chi connectivity index (χ0) is 25.5. The summed E-state index contributed by atoms with van der Waals surface area (Å²) in [7, 11) is 0. The molecule has 1 unspecified atom stereocenters. The molecule has 2 atom stereocenters. The van der Waals surface area contributed by atoms with Crippen molar-refractivity contribution in [3.8, 4) is 6.07 Å². The van der Waals surface area contributed by atoms with Gasteiger partial charge in [0.05, 0.1) is 24.0 Å². The monoisotopic (exact) mass is 490 g/mol. The van der Waals surface area contributed by atoms with Gasteiger partial charge in [-0.1, -0.05) is 6.07 Å². The minimum absolute atomic E-state index is 0.137. The van der Waals surface area contributed by atoms with E-state index in [0.717, 1.165) is 25.0 Å². The lowest BCUT2D eigenvalue weighted by Crippen LogP contribution is -2.45. The number of rotatable bonds is 7. The number of anilines is 2. The third-order valence-electron chi connectivity index (χ3n) is 5.89. The maximum absolute atomic E-state index is 14.9. The highest BCUT2D eigenvalue weighted by atomic mass is 19.4. The molecule has 1 aliphatic rings. The highest BCUT2D eigenvalue weighted by Gasteiger charge is 2.44. The minimum atomic E-state index is -4.70. The van der Waals surface area contributed by atoms with Crippen molar-refractivity contribution in [2.75, 3.05) is 5.32 Å². The van der Waals surface area contributed by atoms with E-state index in [4.69, 9.17) is 0 Å². The molecule has 2 heterocycles. The topological polar surface area (TPSA) is 98.5 Å². The summed E-state index contributed by atoms with van der Waals surface area (Å²) in [6, 6.07) is 4.78. The van der Waals surface area contributed by atoms with Gasteiger partial charge >= 0.3 is 6.18 Å². The second-order valence-electron chi connectivity index (χ2n) is 9.86. The van der Waals surface area contributed by atoms with Crippen molar-refractivity contribution in [3.05, 3.63) is 52.2 Å². The molecular formula is C24H26F4N6O. The van der Waals surface area contributed by atoms with Crippen LogP contribution in [0.25, 0.3) is 10.9 Å². The van der Waals surface area contributed by atoms with Gasteiger partial charge in [-0.05, 0) is 57.7 Å². The van der Waals surface area contributed by atoms with Crippen LogP contribution in [0.3, 0.4) is 0 Å². The fourth-order valence-corrected chi connectivity index (χ4v) is 4.21. The number of hydrogen-bond donors (Lipinski definition) is 3. The normalized spacial score (nSPS) is 16.2. The van der Waals surface area contributed by atoms with E-state index in [0.29, 0.717) is 5.52 Å². The molecule has 7 nitrogen and oxygen atoms in total. The first kappa shape index (κ1) is 24.7. The predicted octanol–water partition coefficient (Wildman–Crippen LogP) is 5.46. The standard InChI is InChI=1S/C24H26F4N6O/c1-23(2,3)32-20(24(26,27)28)15-7-6-14(12-16(15)25)31-21-19-18(9-11-30-22(19)35)34(33-21)17(8-10-29)13-4-5-13/h6-7,9,11-13,17,20,32H,4-5,8H2,1-3H3,(H,30,35)(H,31,33)/t17?,20-/m0/s1. The van der Waals surface area contributed by atoms with Crippen molar-refractivity contribution in [2.24, 2.45) is 5.92 Å². The third-order valence-corrected chi connectivity index (χ3v) is 5.89. The molecular weight excluding hydrogens is 464 g/mol. The Morgan fingerprint density at radius 2 is 1.97 bits per heavy atom. The molecule has 0 bridgehead atoms. The second kappa shape index (κ2) is 9.00. The summed E-state index contributed by atoms with van der Waals surface area (Å²) in [6.07, 6.45) is -1.10. The molecule has 186 valence electrons. The summed E-state index contributed by atoms with van der Waals surface area (Å²) in [4.78, 5) is 15.2. The number of hydrogen-bond acceptors (Lipinski definition) is 5. The summed E-state index contributed by atoms with van der Waals surface area (Å²) in [5.74, 6) is -0.638. The van der Waals surface area contributed by atoms with Crippen LogP contribution in [0.2, 0.25) is 0 Å². The molecule has 4 rings (SSSR count). The van der Waals surface area contributed by atoms with Gasteiger partial charge in [0.1, 0.15) is 17.2 Å². The summed E-state index contributed by atoms with van der Waals surface area (Å²) >= 11 is 0. The van der Waals surface area contributed by atoms with E-state index in [1.54, 1.807) is 31.5 Å². The maximum Gasteiger partial charge on any atom is 0.408 e. The number of aromatic amines is 1. The van der Waals surface area contributed by atoms with Crippen molar-refractivity contribution in [1.29, 1.82) is 5.26 Å². The van der Waals surface area contributed by atoms with Gasteiger partial charge in [0, 0.05) is 23.0 Å². The number of nitriles is 1. The second-order valence-corrected chi connectivity index (χ2v) is 9.86. The maximum atomic E-state index is 14.9. The van der Waals surface area contributed by atoms with Gasteiger partial charge < -0.3 is 10.3 Å². The van der Waals surface area contributed by atoms with Gasteiger partial charge in [0.25, 0.3) is 5.56 Å². The summed E-state index contributed by atoms with van der Waals surface area (Å²) < 4.78 is 57.6. The number of aromatic nitrogens is 3. The first-order valence-electron chi connectivity index (χ1n) is 11.3. The molecule has 1 fully saturated rings. The SMILES string of the molecule is CC(C)(C)N[C@@H](c1ccc(Nc2nn(C(CC#N)C3CC3)c3cc[nH]c(=O)c23)cc1F)C(F)(F)F. The number of halogens is 4. The quantitative estimate of drug-likeness (QED) is 0.382. The third kappa shape index (κ3) is 5.32. The van der Waals surface area contributed by atoms with Gasteiger partial charge in [-0.15, -0.1) is 0 Å². The number of pyridine rings is 1. The highest BCUT2D eigenvalue weighted by Crippen LogP contribution is 2.43. The van der Waals surface area contributed by atoms with E-state index < -0.39 is 34.7 Å². The first-order chi connectivity index (χ1) is 16.4. The van der Waals surface area contributed by atoms with Crippen molar-refractivity contribution in [2.45, 2.75) is 63.8 Å². The lowest BCUT2D eigenvalue weighted by atomic mass is 10.0. The van der Waals surface area contributed by atoms with Crippen LogP contribution in [0.5, 0.6) is 0 Å². The van der Waals surface area contributed by atoms with Gasteiger partial charge in [0.2, 0.25) is 0 Å². The van der Waals surface area contributed by atoms with Crippen LogP contribution >= 0.6 is 0 Å². The Morgan fingerprint density at radius 1 is 1.26 bits per heavy atom. The Bertz CT molecular complexity index is 1330. The molecule has 0 aliphatic heterocycles. The van der Waals surface area contributed by atoms with Gasteiger partial charge in [-0.3, -0.25) is 14.8 Å². The molecule has 0 spiro atoms. The Kier molecular flexibility index (Phi) is 6.36. The average molecular weight is 491 g/mol. The van der Waals surface area contributed by atoms with Gasteiger partial charge in [0.15, 0.2) is 5.82 Å². The number of nitrogens with zero attached hydrogens (tertiary/aromatic N) is 3. The zero-order valence-electron chi connectivity index (χ0n) is 19.5. The Labute approximate surface area is 199 Å². The molecule has 2 aromatic heterocycles. The van der Waals surface area contributed by atoms with Crippen LogP contribution in [0.4, 0.5) is 29.1 Å². The van der Waals surface area contributed by atoms with E-state index in [-0.39, 0.29) is 35.3 Å². The first-order valence-corrected chi connectivity index (χ1v) is 11.3. The van der Waals surface area contributed by atoms with E-state index in [1.165, 1.54) is 12.3 Å². The lowest BCUT2D eigenvalue weighted by Gasteiger charge is -2.30. The highest BCUT2D eigenvalue weighted by molar-refractivity contribution is 5.91. The van der Waals surface area contributed by atoms with E-state index >= 15 is 0 Å². The molecule has 3 aromatic rings. The van der Waals surface area contributed by atoms with Crippen LogP contribution < -0.4 is 16.2 Å². The van der Waals surface area contributed by atoms with Crippen LogP contribution in [0, 0.1) is 23.1 Å². The van der Waals surface area contributed by atoms with Crippen LogP contribution in [0.15, 0.2) is 35.3 Å². The Hall–Kier alpha value is -3.39. The fourth-order valence-electron chi connectivity index (χ4n) is 4.21. The summed E-state index contributed by atoms with van der Waals surface area (Å²) in [5, 5.41) is 19.3. The molecule has 1 saturated carbocycles. The Morgan fingerprint density at radius 3 is 2.54 bits per heavy atom. The average Bonchev–Trinajstić information content (AvgIpc) is 3.52. The number of alkyl halides is 3. The molecule has 0 radical (unpaired) electrons. The zero-order valence-corrected chi connectivity index (χ0v) is 19.5. The van der Waals surface area contributed by atoms with Crippen molar-refractivity contribution in [1.82, 2.24) is 20.1 Å². The van der Waals surface area contributed by atoms with Crippen molar-refractivity contribution >= 4 is 22.4 Å². The van der Waals surface area contributed by atoms with E-state index in [9.17, 15) is 27.6 Å². The van der Waals surface area contributed by atoms with Crippen molar-refractivity contribution in [3.63, 3.8) is 0 Å². The molecule has 0 amide bonds. The van der Waals surface area contributed by atoms with Crippen LogP contribution in [0.1, 0.15) is 57.7 Å². The Balaban J connectivity index is 1.71. The van der Waals surface area contributed by atoms with Crippen LogP contribution in [-0.2, 0) is 0 Å². The van der Waals surface area contributed by atoms with Crippen LogP contribution in [-0.4, -0.2) is 26.5 Å².